The third kappa shape index (κ3) is 6.32. The summed E-state index contributed by atoms with van der Waals surface area (Å²) >= 11 is 6.04. The SMILES string of the molecule is O=C1CN(S(=O)(=O)CC=Cc2ccc3cc(Cl)ccc3c2)CCN1CC1CCN(c2ccncc2)CC1. The van der Waals surface area contributed by atoms with E-state index in [-0.39, 0.29) is 18.2 Å². The van der Waals surface area contributed by atoms with Crippen LogP contribution in [0.1, 0.15) is 18.4 Å². The third-order valence-electron chi connectivity index (χ3n) is 7.24. The molecule has 2 saturated heterocycles. The molecule has 9 heteroatoms. The zero-order valence-corrected chi connectivity index (χ0v) is 22.2. The van der Waals surface area contributed by atoms with E-state index >= 15 is 0 Å². The van der Waals surface area contributed by atoms with Crippen molar-refractivity contribution in [2.75, 3.05) is 49.9 Å². The van der Waals surface area contributed by atoms with Gasteiger partial charge in [0.2, 0.25) is 15.9 Å². The minimum absolute atomic E-state index is 0.0806. The van der Waals surface area contributed by atoms with Crippen molar-refractivity contribution >= 4 is 50.1 Å². The molecule has 2 fully saturated rings. The normalized spacial score (nSPS) is 18.2. The predicted molar refractivity (Wildman–Crippen MR) is 149 cm³/mol. The van der Waals surface area contributed by atoms with Crippen LogP contribution < -0.4 is 4.90 Å². The molecule has 0 radical (unpaired) electrons. The van der Waals surface area contributed by atoms with E-state index in [1.165, 1.54) is 9.99 Å². The van der Waals surface area contributed by atoms with Crippen LogP contribution in [0.3, 0.4) is 0 Å². The van der Waals surface area contributed by atoms with Gasteiger partial charge in [-0.2, -0.15) is 4.31 Å². The van der Waals surface area contributed by atoms with Crippen molar-refractivity contribution in [1.82, 2.24) is 14.2 Å². The summed E-state index contributed by atoms with van der Waals surface area (Å²) in [5.74, 6) is 0.196. The predicted octanol–water partition coefficient (Wildman–Crippen LogP) is 4.29. The molecule has 3 aromatic rings. The standard InChI is InChI=1S/C28H31ClN4O3S/c29-26-6-5-24-18-22(3-4-25(24)19-26)2-1-17-37(35,36)33-16-15-32(28(34)21-33)20-23-9-13-31(14-10-23)27-7-11-30-12-8-27/h1-8,11-12,18-19,23H,9-10,13-17,20-21H2. The van der Waals surface area contributed by atoms with Crippen LogP contribution in [0.15, 0.2) is 67.0 Å². The Balaban J connectivity index is 1.11. The monoisotopic (exact) mass is 538 g/mol. The van der Waals surface area contributed by atoms with Crippen molar-refractivity contribution < 1.29 is 13.2 Å². The van der Waals surface area contributed by atoms with E-state index in [4.69, 9.17) is 11.6 Å². The first-order valence-electron chi connectivity index (χ1n) is 12.6. The quantitative estimate of drug-likeness (QED) is 0.448. The average Bonchev–Trinajstić information content (AvgIpc) is 2.90. The number of hydrogen-bond donors (Lipinski definition) is 0. The van der Waals surface area contributed by atoms with E-state index in [9.17, 15) is 13.2 Å². The Morgan fingerprint density at radius 3 is 2.43 bits per heavy atom. The maximum absolute atomic E-state index is 12.9. The maximum atomic E-state index is 12.9. The largest absolute Gasteiger partial charge is 0.371 e. The molecule has 0 saturated carbocycles. The summed E-state index contributed by atoms with van der Waals surface area (Å²) in [7, 11) is -3.56. The van der Waals surface area contributed by atoms with Gasteiger partial charge >= 0.3 is 0 Å². The van der Waals surface area contributed by atoms with Crippen LogP contribution in [0.5, 0.6) is 0 Å². The highest BCUT2D eigenvalue weighted by Gasteiger charge is 2.32. The molecular weight excluding hydrogens is 508 g/mol. The van der Waals surface area contributed by atoms with Crippen molar-refractivity contribution in [3.05, 3.63) is 77.6 Å². The molecular formula is C28H31ClN4O3S. The van der Waals surface area contributed by atoms with Crippen LogP contribution in [0.4, 0.5) is 5.69 Å². The minimum atomic E-state index is -3.56. The van der Waals surface area contributed by atoms with Crippen molar-refractivity contribution in [2.24, 2.45) is 5.92 Å². The van der Waals surface area contributed by atoms with Gasteiger partial charge in [-0.15, -0.1) is 0 Å². The van der Waals surface area contributed by atoms with Crippen LogP contribution in [0.2, 0.25) is 5.02 Å². The molecule has 0 unspecified atom stereocenters. The maximum Gasteiger partial charge on any atom is 0.237 e. The molecule has 37 heavy (non-hydrogen) atoms. The van der Waals surface area contributed by atoms with E-state index in [0.29, 0.717) is 30.6 Å². The summed E-state index contributed by atoms with van der Waals surface area (Å²) in [6.45, 7) is 3.31. The molecule has 1 aromatic heterocycles. The second-order valence-corrected chi connectivity index (χ2v) is 12.2. The van der Waals surface area contributed by atoms with Gasteiger partial charge in [0.05, 0.1) is 12.3 Å². The molecule has 0 aliphatic carbocycles. The molecule has 5 rings (SSSR count). The minimum Gasteiger partial charge on any atom is -0.371 e. The van der Waals surface area contributed by atoms with E-state index < -0.39 is 10.0 Å². The topological polar surface area (TPSA) is 73.8 Å². The number of nitrogens with zero attached hydrogens (tertiary/aromatic N) is 4. The number of anilines is 1. The molecule has 0 bridgehead atoms. The van der Waals surface area contributed by atoms with E-state index in [0.717, 1.165) is 42.3 Å². The second kappa shape index (κ2) is 11.2. The third-order valence-corrected chi connectivity index (χ3v) is 9.19. The van der Waals surface area contributed by atoms with Crippen LogP contribution in [-0.2, 0) is 14.8 Å². The van der Waals surface area contributed by atoms with Crippen LogP contribution in [-0.4, -0.2) is 73.5 Å². The van der Waals surface area contributed by atoms with Gasteiger partial charge in [-0.3, -0.25) is 9.78 Å². The van der Waals surface area contributed by atoms with E-state index in [1.807, 2.05) is 71.9 Å². The summed E-state index contributed by atoms with van der Waals surface area (Å²) in [6, 6.07) is 15.6. The number of carbonyl (C=O) groups excluding carboxylic acids is 1. The first-order valence-corrected chi connectivity index (χ1v) is 14.6. The number of hydrogen-bond acceptors (Lipinski definition) is 5. The summed E-state index contributed by atoms with van der Waals surface area (Å²) in [5.41, 5.74) is 2.10. The van der Waals surface area contributed by atoms with Gasteiger partial charge in [-0.25, -0.2) is 8.42 Å². The fraction of sp³-hybridized carbons (Fsp3) is 0.357. The molecule has 2 aromatic carbocycles. The highest BCUT2D eigenvalue weighted by atomic mass is 35.5. The zero-order chi connectivity index (χ0) is 25.8. The molecule has 2 aliphatic heterocycles. The van der Waals surface area contributed by atoms with Crippen molar-refractivity contribution in [3.63, 3.8) is 0 Å². The highest BCUT2D eigenvalue weighted by molar-refractivity contribution is 7.89. The van der Waals surface area contributed by atoms with Crippen molar-refractivity contribution in [3.8, 4) is 0 Å². The number of fused-ring (bicyclic) bond motifs is 1. The highest BCUT2D eigenvalue weighted by Crippen LogP contribution is 2.25. The lowest BCUT2D eigenvalue weighted by Crippen LogP contribution is -2.54. The van der Waals surface area contributed by atoms with Gasteiger partial charge in [0.25, 0.3) is 0 Å². The molecule has 194 valence electrons. The first kappa shape index (κ1) is 25.7. The first-order chi connectivity index (χ1) is 17.9. The number of aromatic nitrogens is 1. The number of sulfonamides is 1. The lowest BCUT2D eigenvalue weighted by atomic mass is 9.95. The average molecular weight is 539 g/mol. The Labute approximate surface area is 223 Å². The Morgan fingerprint density at radius 1 is 0.946 bits per heavy atom. The fourth-order valence-electron chi connectivity index (χ4n) is 5.11. The molecule has 0 N–H and O–H groups in total. The number of amides is 1. The van der Waals surface area contributed by atoms with E-state index in [1.54, 1.807) is 6.08 Å². The van der Waals surface area contributed by atoms with Crippen LogP contribution in [0.25, 0.3) is 16.8 Å². The zero-order valence-electron chi connectivity index (χ0n) is 20.7. The Hall–Kier alpha value is -2.94. The van der Waals surface area contributed by atoms with Gasteiger partial charge in [0, 0.05) is 55.8 Å². The smallest absolute Gasteiger partial charge is 0.237 e. The van der Waals surface area contributed by atoms with Crippen LogP contribution >= 0.6 is 11.6 Å². The van der Waals surface area contributed by atoms with Crippen molar-refractivity contribution in [2.45, 2.75) is 12.8 Å². The summed E-state index contributed by atoms with van der Waals surface area (Å²) in [5, 5.41) is 2.76. The van der Waals surface area contributed by atoms with E-state index in [2.05, 4.69) is 9.88 Å². The number of rotatable bonds is 7. The molecule has 7 nitrogen and oxygen atoms in total. The lowest BCUT2D eigenvalue weighted by Gasteiger charge is -2.38. The summed E-state index contributed by atoms with van der Waals surface area (Å²) in [6.07, 6.45) is 9.11. The number of piperazine rings is 1. The molecule has 0 spiro atoms. The van der Waals surface area contributed by atoms with Gasteiger partial charge in [-0.1, -0.05) is 42.0 Å². The Kier molecular flexibility index (Phi) is 7.79. The summed E-state index contributed by atoms with van der Waals surface area (Å²) < 4.78 is 27.2. The Bertz CT molecular complexity index is 1390. The number of piperidine rings is 1. The Morgan fingerprint density at radius 2 is 1.68 bits per heavy atom. The molecule has 1 amide bonds. The van der Waals surface area contributed by atoms with Gasteiger partial charge < -0.3 is 9.80 Å². The molecule has 0 atom stereocenters. The van der Waals surface area contributed by atoms with Crippen molar-refractivity contribution in [1.29, 1.82) is 0 Å². The number of carbonyl (C=O) groups is 1. The molecule has 2 aliphatic rings. The lowest BCUT2D eigenvalue weighted by molar-refractivity contribution is -0.134. The van der Waals surface area contributed by atoms with Gasteiger partial charge in [0.1, 0.15) is 0 Å². The summed E-state index contributed by atoms with van der Waals surface area (Å²) in [4.78, 5) is 21.1. The number of benzene rings is 2. The fourth-order valence-corrected chi connectivity index (χ4v) is 6.51. The van der Waals surface area contributed by atoms with Gasteiger partial charge in [0.15, 0.2) is 0 Å². The van der Waals surface area contributed by atoms with Crippen LogP contribution in [0, 0.1) is 5.92 Å². The number of pyridine rings is 1. The molecule has 3 heterocycles. The van der Waals surface area contributed by atoms with Gasteiger partial charge in [-0.05, 0) is 65.4 Å². The second-order valence-electron chi connectivity index (χ2n) is 9.74. The number of halogens is 1.